The van der Waals surface area contributed by atoms with Crippen LogP contribution in [-0.2, 0) is 0 Å². The molecule has 29 heavy (non-hydrogen) atoms. The minimum absolute atomic E-state index is 0.0256. The third-order valence-corrected chi connectivity index (χ3v) is 5.40. The number of ketones is 1. The zero-order chi connectivity index (χ0) is 19.8. The Morgan fingerprint density at radius 1 is 1.00 bits per heavy atom. The molecule has 0 saturated carbocycles. The summed E-state index contributed by atoms with van der Waals surface area (Å²) < 4.78 is 11.3. The molecule has 0 aromatic heterocycles. The van der Waals surface area contributed by atoms with E-state index < -0.39 is 6.23 Å². The number of ether oxygens (including phenoxy) is 2. The Hall–Kier alpha value is -3.60. The van der Waals surface area contributed by atoms with Crippen molar-refractivity contribution in [1.82, 2.24) is 5.01 Å². The molecule has 144 valence electrons. The zero-order valence-corrected chi connectivity index (χ0v) is 16.0. The molecule has 0 aliphatic carbocycles. The Bertz CT molecular complexity index is 1080. The van der Waals surface area contributed by atoms with E-state index in [0.717, 1.165) is 29.0 Å². The van der Waals surface area contributed by atoms with Gasteiger partial charge in [-0.2, -0.15) is 5.10 Å². The van der Waals surface area contributed by atoms with Crippen molar-refractivity contribution in [1.29, 1.82) is 0 Å². The highest BCUT2D eigenvalue weighted by molar-refractivity contribution is 6.03. The molecule has 3 aromatic carbocycles. The number of hydrogen-bond acceptors (Lipinski definition) is 5. The number of rotatable bonds is 4. The SMILES string of the molecule is COc1ccc(C(=O)[C@H]2Oc3ccccc3[C@H]3CC(c4ccccc4)=NN23)cc1. The molecule has 0 saturated heterocycles. The smallest absolute Gasteiger partial charge is 0.251 e. The number of carbonyl (C=O) groups is 1. The van der Waals surface area contributed by atoms with Crippen LogP contribution in [0.1, 0.15) is 33.9 Å². The number of benzene rings is 3. The van der Waals surface area contributed by atoms with Crippen LogP contribution in [0.25, 0.3) is 0 Å². The number of nitrogens with zero attached hydrogens (tertiary/aromatic N) is 2. The van der Waals surface area contributed by atoms with Gasteiger partial charge in [0.1, 0.15) is 11.5 Å². The Balaban J connectivity index is 1.54. The molecule has 5 heteroatoms. The van der Waals surface area contributed by atoms with E-state index in [4.69, 9.17) is 14.6 Å². The number of para-hydroxylation sites is 1. The van der Waals surface area contributed by atoms with Gasteiger partial charge in [-0.1, -0.05) is 48.5 Å². The highest BCUT2D eigenvalue weighted by Crippen LogP contribution is 2.43. The summed E-state index contributed by atoms with van der Waals surface area (Å²) in [5.41, 5.74) is 3.65. The molecule has 2 aliphatic rings. The summed E-state index contributed by atoms with van der Waals surface area (Å²) in [5.74, 6) is 1.33. The second-order valence-electron chi connectivity index (χ2n) is 7.11. The van der Waals surface area contributed by atoms with E-state index >= 15 is 0 Å². The van der Waals surface area contributed by atoms with Crippen molar-refractivity contribution in [3.8, 4) is 11.5 Å². The first-order valence-corrected chi connectivity index (χ1v) is 9.59. The molecule has 0 radical (unpaired) electrons. The maximum atomic E-state index is 13.3. The van der Waals surface area contributed by atoms with Gasteiger partial charge in [-0.3, -0.25) is 4.79 Å². The summed E-state index contributed by atoms with van der Waals surface area (Å²) in [4.78, 5) is 13.3. The van der Waals surface area contributed by atoms with E-state index in [0.29, 0.717) is 11.3 Å². The predicted octanol–water partition coefficient (Wildman–Crippen LogP) is 4.45. The number of methoxy groups -OCH3 is 1. The van der Waals surface area contributed by atoms with E-state index in [1.165, 1.54) is 0 Å². The Morgan fingerprint density at radius 3 is 2.48 bits per heavy atom. The molecule has 2 aliphatic heterocycles. The van der Waals surface area contributed by atoms with Crippen LogP contribution in [0.4, 0.5) is 0 Å². The van der Waals surface area contributed by atoms with Crippen LogP contribution in [0.5, 0.6) is 11.5 Å². The molecule has 0 unspecified atom stereocenters. The maximum Gasteiger partial charge on any atom is 0.251 e. The number of hydrazone groups is 1. The van der Waals surface area contributed by atoms with Crippen LogP contribution in [0.3, 0.4) is 0 Å². The second kappa shape index (κ2) is 7.09. The average molecular weight is 384 g/mol. The molecule has 0 fully saturated rings. The fraction of sp³-hybridized carbons (Fsp3) is 0.167. The molecule has 0 N–H and O–H groups in total. The lowest BCUT2D eigenvalue weighted by molar-refractivity contribution is -0.00455. The minimum atomic E-state index is -0.801. The van der Waals surface area contributed by atoms with Crippen molar-refractivity contribution in [2.75, 3.05) is 7.11 Å². The standard InChI is InChI=1S/C24H20N2O3/c1-28-18-13-11-17(12-14-18)23(27)24-26-21(19-9-5-6-10-22(19)29-24)15-20(25-26)16-7-3-2-4-8-16/h2-14,21,24H,15H2,1H3/t21-,24-/m1/s1. The maximum absolute atomic E-state index is 13.3. The minimum Gasteiger partial charge on any atom is -0.497 e. The first-order valence-electron chi connectivity index (χ1n) is 9.59. The highest BCUT2D eigenvalue weighted by Gasteiger charge is 2.43. The third kappa shape index (κ3) is 3.05. The average Bonchev–Trinajstić information content (AvgIpc) is 3.24. The van der Waals surface area contributed by atoms with Crippen molar-refractivity contribution in [2.24, 2.45) is 5.10 Å². The van der Waals surface area contributed by atoms with E-state index in [9.17, 15) is 4.79 Å². The summed E-state index contributed by atoms with van der Waals surface area (Å²) >= 11 is 0. The van der Waals surface area contributed by atoms with Crippen molar-refractivity contribution in [2.45, 2.75) is 18.7 Å². The van der Waals surface area contributed by atoms with E-state index in [1.807, 2.05) is 59.6 Å². The summed E-state index contributed by atoms with van der Waals surface area (Å²) in [6.45, 7) is 0. The molecular formula is C24H20N2O3. The van der Waals surface area contributed by atoms with E-state index in [1.54, 1.807) is 31.4 Å². The van der Waals surface area contributed by atoms with Gasteiger partial charge in [0.25, 0.3) is 6.23 Å². The Kier molecular flexibility index (Phi) is 4.28. The lowest BCUT2D eigenvalue weighted by Crippen LogP contribution is -2.45. The second-order valence-corrected chi connectivity index (χ2v) is 7.11. The van der Waals surface area contributed by atoms with Crippen molar-refractivity contribution in [3.63, 3.8) is 0 Å². The van der Waals surface area contributed by atoms with Gasteiger partial charge in [0.15, 0.2) is 0 Å². The molecule has 5 nitrogen and oxygen atoms in total. The van der Waals surface area contributed by atoms with Gasteiger partial charge >= 0.3 is 0 Å². The van der Waals surface area contributed by atoms with Crippen molar-refractivity contribution in [3.05, 3.63) is 95.6 Å². The molecule has 2 heterocycles. The van der Waals surface area contributed by atoms with Gasteiger partial charge in [-0.05, 0) is 35.9 Å². The largest absolute Gasteiger partial charge is 0.497 e. The van der Waals surface area contributed by atoms with Gasteiger partial charge in [0.2, 0.25) is 5.78 Å². The van der Waals surface area contributed by atoms with Crippen LogP contribution in [0.2, 0.25) is 0 Å². The van der Waals surface area contributed by atoms with Gasteiger partial charge < -0.3 is 9.47 Å². The van der Waals surface area contributed by atoms with Gasteiger partial charge in [0.05, 0.1) is 18.9 Å². The summed E-state index contributed by atoms with van der Waals surface area (Å²) in [6.07, 6.45) is -0.0685. The first kappa shape index (κ1) is 17.5. The van der Waals surface area contributed by atoms with Crippen LogP contribution in [-0.4, -0.2) is 29.8 Å². The van der Waals surface area contributed by atoms with Gasteiger partial charge in [-0.25, -0.2) is 5.01 Å². The summed E-state index contributed by atoms with van der Waals surface area (Å²) in [5, 5.41) is 6.64. The molecular weight excluding hydrogens is 364 g/mol. The quantitative estimate of drug-likeness (QED) is 0.624. The molecule has 0 bridgehead atoms. The zero-order valence-electron chi connectivity index (χ0n) is 16.0. The molecule has 3 aromatic rings. The van der Waals surface area contributed by atoms with Crippen molar-refractivity contribution < 1.29 is 14.3 Å². The number of carbonyl (C=O) groups excluding carboxylic acids is 1. The molecule has 0 spiro atoms. The monoisotopic (exact) mass is 384 g/mol. The Morgan fingerprint density at radius 2 is 1.72 bits per heavy atom. The van der Waals surface area contributed by atoms with Crippen molar-refractivity contribution >= 4 is 11.5 Å². The predicted molar refractivity (Wildman–Crippen MR) is 110 cm³/mol. The first-order chi connectivity index (χ1) is 14.2. The van der Waals surface area contributed by atoms with Crippen LogP contribution >= 0.6 is 0 Å². The lowest BCUT2D eigenvalue weighted by Gasteiger charge is -2.37. The fourth-order valence-electron chi connectivity index (χ4n) is 3.91. The molecule has 0 amide bonds. The third-order valence-electron chi connectivity index (χ3n) is 5.40. The Labute approximate surface area is 169 Å². The van der Waals surface area contributed by atoms with E-state index in [2.05, 4.69) is 0 Å². The van der Waals surface area contributed by atoms with Gasteiger partial charge in [-0.15, -0.1) is 0 Å². The lowest BCUT2D eigenvalue weighted by atomic mass is 9.96. The fourth-order valence-corrected chi connectivity index (χ4v) is 3.91. The highest BCUT2D eigenvalue weighted by atomic mass is 16.5. The summed E-state index contributed by atoms with van der Waals surface area (Å²) in [6, 6.07) is 25.0. The van der Waals surface area contributed by atoms with E-state index in [-0.39, 0.29) is 11.8 Å². The van der Waals surface area contributed by atoms with Crippen LogP contribution < -0.4 is 9.47 Å². The molecule has 5 rings (SSSR count). The number of Topliss-reactive ketones (excluding diaryl/α,β-unsaturated/α-hetero) is 1. The number of fused-ring (bicyclic) bond motifs is 3. The molecule has 2 atom stereocenters. The summed E-state index contributed by atoms with van der Waals surface area (Å²) in [7, 11) is 1.60. The number of hydrogen-bond donors (Lipinski definition) is 0. The van der Waals surface area contributed by atoms with Gasteiger partial charge in [0, 0.05) is 17.5 Å². The van der Waals surface area contributed by atoms with Crippen LogP contribution in [0.15, 0.2) is 84.0 Å². The topological polar surface area (TPSA) is 51.1 Å². The normalized spacial score (nSPS) is 19.6. The van der Waals surface area contributed by atoms with Crippen LogP contribution in [0, 0.1) is 0 Å².